The molecule has 28 heteroatoms. The van der Waals surface area contributed by atoms with Gasteiger partial charge in [-0.15, -0.1) is 0 Å². The van der Waals surface area contributed by atoms with Gasteiger partial charge in [0.25, 0.3) is 5.91 Å². The molecule has 1 saturated heterocycles. The monoisotopic (exact) mass is 1420 g/mol. The molecule has 4 aromatic carbocycles. The van der Waals surface area contributed by atoms with Gasteiger partial charge in [0.15, 0.2) is 23.6 Å². The molecule has 1 heterocycles. The van der Waals surface area contributed by atoms with E-state index in [9.17, 15) is 63.3 Å². The normalized spacial score (nSPS) is 24.8. The lowest BCUT2D eigenvalue weighted by Crippen LogP contribution is -2.82. The van der Waals surface area contributed by atoms with Crippen LogP contribution in [0.25, 0.3) is 6.08 Å². The zero-order chi connectivity index (χ0) is 73.7. The van der Waals surface area contributed by atoms with Crippen molar-refractivity contribution >= 4 is 88.7 Å². The molecule has 10 N–H and O–H groups in total. The lowest BCUT2D eigenvalue weighted by molar-refractivity contribution is -0.346. The predicted molar refractivity (Wildman–Crippen MR) is 361 cm³/mol. The number of halogens is 1. The summed E-state index contributed by atoms with van der Waals surface area (Å²) in [5, 5.41) is 49.8. The Morgan fingerprint density at radius 3 is 1.98 bits per heavy atom. The number of nitrogens with one attached hydrogen (secondary N) is 5. The average molecular weight is 1420 g/mol. The summed E-state index contributed by atoms with van der Waals surface area (Å²) in [6, 6.07) is 25.2. The van der Waals surface area contributed by atoms with Crippen LogP contribution >= 0.6 is 11.6 Å². The second-order valence-corrected chi connectivity index (χ2v) is 26.8. The zero-order valence-corrected chi connectivity index (χ0v) is 57.7. The minimum atomic E-state index is -2.52. The van der Waals surface area contributed by atoms with E-state index in [1.165, 1.54) is 71.0 Å². The Labute approximate surface area is 587 Å². The SMILES string of the molecule is CC(=O)O[C@H]1C(=O)[C@@]2(C)[C@H]([C@H](OC(=O)c3ccccc3)[C@]3(O)C[C@H](OC(=O)[C@H](OCCC(=O)NCCCC[C@H](NC(=O)CC[C@@H](NC(=O)[C@H](C)NC(=O)/C=C/c4ccc(Cl)cc4)C(N)=O)C(=O)O)[C@@H](NC(=O)c4ccccc4)c4ccccc4)C(C)=C1C3(C)C)[C@]1(OC(C)=O)CO[C@@H]1C[C@@H]2O. The largest absolute Gasteiger partial charge is 0.480 e. The topological polar surface area (TPSA) is 407 Å². The van der Waals surface area contributed by atoms with Gasteiger partial charge in [-0.05, 0) is 111 Å². The molecule has 3 aliphatic carbocycles. The number of hydrogen-bond acceptors (Lipinski definition) is 20. The molecule has 0 radical (unpaired) electrons. The number of rotatable bonds is 30. The van der Waals surface area contributed by atoms with Crippen LogP contribution in [-0.4, -0.2) is 172 Å². The number of benzene rings is 4. The average Bonchev–Trinajstić information content (AvgIpc) is 0.669. The standard InChI is InChI=1S/C73H85ClN6O21/c1-40-51(38-73(95)63(100-68(93)47-23-15-10-16-24-47)61-71(7,52(83)37-53-72(61,39-97-53)101-43(4)82)62(87)59(98-42(3)81)57(40)70(73,5)6)99-69(94)60(58(45-19-11-8-12-20-45)80-66(90)46-21-13-9-14-22-46)96-36-34-54(84)76-35-18-17-25-50(67(91)92)78-56(86)33-31-49(64(75)88)79-65(89)41(2)77-55(85)32-28-44-26-29-48(74)30-27-44/h8-16,19-24,26-30,32,41,49-53,58-61,63,83,95H,17-18,25,31,33-39H2,1-7H3,(H2,75,88)(H,76,84)(H,77,85)(H,78,86)(H,79,89)(H,80,90)(H,91,92)/b32-28+/t41-,49+,50-,51-,52-,53+,58-,59+,60+,61-,63-,71+,72-,73+/m0/s1. The van der Waals surface area contributed by atoms with Crippen LogP contribution in [0.4, 0.5) is 0 Å². The highest BCUT2D eigenvalue weighted by atomic mass is 35.5. The summed E-state index contributed by atoms with van der Waals surface area (Å²) in [6.07, 6.45) is -9.18. The number of unbranched alkanes of at least 4 members (excludes halogenated alkanes) is 1. The Hall–Kier alpha value is -9.67. The number of aliphatic hydroxyl groups is 2. The number of amides is 6. The number of Topliss-reactive ketones (excluding diaryl/α,β-unsaturated/α-hetero) is 1. The van der Waals surface area contributed by atoms with Crippen LogP contribution in [0.3, 0.4) is 0 Å². The molecule has 14 atom stereocenters. The van der Waals surface area contributed by atoms with Crippen LogP contribution < -0.4 is 32.3 Å². The number of primary amides is 1. The van der Waals surface area contributed by atoms with E-state index in [4.69, 9.17) is 45.8 Å². The predicted octanol–water partition coefficient (Wildman–Crippen LogP) is 4.63. The number of carbonyl (C=O) groups is 12. The number of ether oxygens (including phenoxy) is 6. The van der Waals surface area contributed by atoms with E-state index in [0.717, 1.165) is 13.8 Å². The third-order valence-electron chi connectivity index (χ3n) is 19.3. The first-order chi connectivity index (χ1) is 47.8. The van der Waals surface area contributed by atoms with Gasteiger partial charge in [0.05, 0.1) is 42.3 Å². The van der Waals surface area contributed by atoms with Crippen molar-refractivity contribution in [3.05, 3.63) is 160 Å². The molecule has 4 aliphatic rings. The smallest absolute Gasteiger partial charge is 0.338 e. The molecule has 2 bridgehead atoms. The van der Waals surface area contributed by atoms with Crippen molar-refractivity contribution in [2.24, 2.45) is 22.5 Å². The van der Waals surface area contributed by atoms with Gasteiger partial charge >= 0.3 is 29.8 Å². The van der Waals surface area contributed by atoms with Gasteiger partial charge in [-0.25, -0.2) is 14.4 Å². The van der Waals surface area contributed by atoms with E-state index in [0.29, 0.717) is 16.1 Å². The number of aliphatic carboxylic acids is 1. The van der Waals surface area contributed by atoms with E-state index < -0.39 is 186 Å². The van der Waals surface area contributed by atoms with Gasteiger partial charge in [-0.3, -0.25) is 43.2 Å². The number of ketones is 1. The van der Waals surface area contributed by atoms with Crippen LogP contribution in [-0.2, 0) is 76.4 Å². The van der Waals surface area contributed by atoms with E-state index in [2.05, 4.69) is 26.6 Å². The number of esters is 4. The Balaban J connectivity index is 0.988. The van der Waals surface area contributed by atoms with Crippen molar-refractivity contribution in [3.8, 4) is 0 Å². The molecule has 8 rings (SSSR count). The zero-order valence-electron chi connectivity index (χ0n) is 56.9. The summed E-state index contributed by atoms with van der Waals surface area (Å²) in [4.78, 5) is 164. The Morgan fingerprint density at radius 1 is 0.752 bits per heavy atom. The fourth-order valence-corrected chi connectivity index (χ4v) is 14.0. The van der Waals surface area contributed by atoms with Gasteiger partial charge in [0.2, 0.25) is 29.5 Å². The summed E-state index contributed by atoms with van der Waals surface area (Å²) in [5.74, 6) is -12.3. The highest BCUT2D eigenvalue weighted by molar-refractivity contribution is 6.30. The van der Waals surface area contributed by atoms with E-state index in [-0.39, 0.29) is 67.5 Å². The molecule has 101 heavy (non-hydrogen) atoms. The first kappa shape index (κ1) is 77.1. The molecular weight excluding hydrogens is 1330 g/mol. The van der Waals surface area contributed by atoms with Crippen LogP contribution in [0.15, 0.2) is 132 Å². The second-order valence-electron chi connectivity index (χ2n) is 26.4. The maximum atomic E-state index is 15.9. The van der Waals surface area contributed by atoms with Gasteiger partial charge in [-0.1, -0.05) is 104 Å². The molecule has 0 spiro atoms. The Kier molecular flexibility index (Phi) is 25.3. The minimum absolute atomic E-state index is 0.00386. The van der Waals surface area contributed by atoms with Crippen molar-refractivity contribution in [2.75, 3.05) is 19.8 Å². The minimum Gasteiger partial charge on any atom is -0.480 e. The van der Waals surface area contributed by atoms with Crippen LogP contribution in [0, 0.1) is 16.7 Å². The molecular formula is C73H85ClN6O21. The molecule has 2 saturated carbocycles. The number of fused-ring (bicyclic) bond motifs is 5. The van der Waals surface area contributed by atoms with E-state index in [1.807, 2.05) is 0 Å². The molecule has 1 aliphatic heterocycles. The van der Waals surface area contributed by atoms with Crippen molar-refractivity contribution < 1.29 is 101 Å². The number of carbonyl (C=O) groups excluding carboxylic acids is 11. The van der Waals surface area contributed by atoms with Gasteiger partial charge in [-0.2, -0.15) is 0 Å². The van der Waals surface area contributed by atoms with Gasteiger partial charge < -0.3 is 76.1 Å². The number of carboxylic acid groups (broad SMARTS) is 1. The number of aliphatic hydroxyl groups excluding tert-OH is 1. The highest BCUT2D eigenvalue weighted by Crippen LogP contribution is 2.64. The van der Waals surface area contributed by atoms with Gasteiger partial charge in [0, 0.05) is 68.2 Å². The Bertz CT molecular complexity index is 3820. The maximum Gasteiger partial charge on any atom is 0.338 e. The third kappa shape index (κ3) is 17.7. The highest BCUT2D eigenvalue weighted by Gasteiger charge is 2.78. The molecule has 6 amide bonds. The first-order valence-electron chi connectivity index (χ1n) is 33.1. The second kappa shape index (κ2) is 33.2. The quantitative estimate of drug-likeness (QED) is 0.0113. The molecule has 0 unspecified atom stereocenters. The fourth-order valence-electron chi connectivity index (χ4n) is 13.9. The molecule has 3 fully saturated rings. The summed E-state index contributed by atoms with van der Waals surface area (Å²) < 4.78 is 37.4. The van der Waals surface area contributed by atoms with E-state index >= 15 is 9.59 Å². The summed E-state index contributed by atoms with van der Waals surface area (Å²) in [6.45, 7) is 8.57. The lowest BCUT2D eigenvalue weighted by atomic mass is 9.44. The summed E-state index contributed by atoms with van der Waals surface area (Å²) >= 11 is 5.91. The van der Waals surface area contributed by atoms with Crippen LogP contribution in [0.1, 0.15) is 138 Å². The van der Waals surface area contributed by atoms with Gasteiger partial charge in [0.1, 0.15) is 42.0 Å². The first-order valence-corrected chi connectivity index (χ1v) is 33.5. The lowest BCUT2D eigenvalue weighted by Gasteiger charge is -2.67. The maximum absolute atomic E-state index is 15.9. The summed E-state index contributed by atoms with van der Waals surface area (Å²) in [5.41, 5.74) is -1.61. The van der Waals surface area contributed by atoms with Crippen molar-refractivity contribution in [2.45, 2.75) is 172 Å². The Morgan fingerprint density at radius 2 is 1.39 bits per heavy atom. The molecule has 4 aromatic rings. The molecule has 27 nitrogen and oxygen atoms in total. The van der Waals surface area contributed by atoms with Crippen molar-refractivity contribution in [1.29, 1.82) is 0 Å². The van der Waals surface area contributed by atoms with Crippen LogP contribution in [0.2, 0.25) is 5.02 Å². The van der Waals surface area contributed by atoms with Crippen LogP contribution in [0.5, 0.6) is 0 Å². The summed E-state index contributed by atoms with van der Waals surface area (Å²) in [7, 11) is 0. The number of hydrogen-bond donors (Lipinski definition) is 9. The van der Waals surface area contributed by atoms with Crippen molar-refractivity contribution in [3.63, 3.8) is 0 Å². The fraction of sp³-hybridized carbons (Fsp3) is 0.452. The van der Waals surface area contributed by atoms with E-state index in [1.54, 1.807) is 91.0 Å². The number of nitrogens with two attached hydrogens (primary N) is 1. The molecule has 540 valence electrons. The number of carboxylic acids is 1. The van der Waals surface area contributed by atoms with Crippen molar-refractivity contribution in [1.82, 2.24) is 26.6 Å². The molecule has 0 aromatic heterocycles. The third-order valence-corrected chi connectivity index (χ3v) is 19.6.